The molecular formula is C59H38O. The molecule has 1 aliphatic rings. The third-order valence-corrected chi connectivity index (χ3v) is 13.7. The Hall–Kier alpha value is -7.48. The molecule has 280 valence electrons. The molecule has 0 fully saturated rings. The van der Waals surface area contributed by atoms with Crippen LogP contribution in [0.1, 0.15) is 25.0 Å². The molecule has 11 aromatic carbocycles. The van der Waals surface area contributed by atoms with Crippen LogP contribution in [0.3, 0.4) is 0 Å². The molecule has 0 saturated heterocycles. The zero-order chi connectivity index (χ0) is 39.7. The molecule has 0 amide bonds. The number of hydrogen-bond donors (Lipinski definition) is 0. The first-order chi connectivity index (χ1) is 29.5. The zero-order valence-electron chi connectivity index (χ0n) is 33.4. The number of hydrogen-bond acceptors (Lipinski definition) is 1. The molecule has 0 aliphatic heterocycles. The quantitative estimate of drug-likeness (QED) is 0.163. The Morgan fingerprint density at radius 2 is 0.833 bits per heavy atom. The Balaban J connectivity index is 1.01. The second-order valence-electron chi connectivity index (χ2n) is 17.1. The third kappa shape index (κ3) is 4.52. The molecule has 60 heavy (non-hydrogen) atoms. The lowest BCUT2D eigenvalue weighted by Gasteiger charge is -2.23. The van der Waals surface area contributed by atoms with E-state index in [1.54, 1.807) is 0 Å². The summed E-state index contributed by atoms with van der Waals surface area (Å²) in [4.78, 5) is 0. The highest BCUT2D eigenvalue weighted by atomic mass is 16.3. The molecule has 1 aromatic heterocycles. The van der Waals surface area contributed by atoms with E-state index in [1.807, 2.05) is 6.07 Å². The molecule has 0 N–H and O–H groups in total. The van der Waals surface area contributed by atoms with Gasteiger partial charge in [0, 0.05) is 16.2 Å². The summed E-state index contributed by atoms with van der Waals surface area (Å²) in [6.07, 6.45) is 0. The van der Waals surface area contributed by atoms with E-state index in [-0.39, 0.29) is 5.41 Å². The Labute approximate surface area is 347 Å². The van der Waals surface area contributed by atoms with Crippen molar-refractivity contribution < 1.29 is 4.42 Å². The van der Waals surface area contributed by atoms with Crippen molar-refractivity contribution in [3.8, 4) is 44.5 Å². The van der Waals surface area contributed by atoms with E-state index >= 15 is 0 Å². The summed E-state index contributed by atoms with van der Waals surface area (Å²) in [5.74, 6) is 0. The first-order valence-electron chi connectivity index (χ1n) is 21.0. The summed E-state index contributed by atoms with van der Waals surface area (Å²) in [5.41, 5.74) is 14.7. The molecule has 1 heterocycles. The van der Waals surface area contributed by atoms with E-state index in [4.69, 9.17) is 4.42 Å². The zero-order valence-corrected chi connectivity index (χ0v) is 33.4. The van der Waals surface area contributed by atoms with Gasteiger partial charge in [-0.15, -0.1) is 0 Å². The van der Waals surface area contributed by atoms with Crippen LogP contribution in [0.2, 0.25) is 0 Å². The Morgan fingerprint density at radius 1 is 0.317 bits per heavy atom. The molecule has 1 heteroatoms. The molecule has 0 radical (unpaired) electrons. The lowest BCUT2D eigenvalue weighted by atomic mass is 9.80. The van der Waals surface area contributed by atoms with E-state index in [0.29, 0.717) is 0 Å². The maximum Gasteiger partial charge on any atom is 0.136 e. The van der Waals surface area contributed by atoms with Gasteiger partial charge >= 0.3 is 0 Å². The molecule has 13 rings (SSSR count). The third-order valence-electron chi connectivity index (χ3n) is 13.7. The first-order valence-corrected chi connectivity index (χ1v) is 21.0. The van der Waals surface area contributed by atoms with Gasteiger partial charge in [0.25, 0.3) is 0 Å². The normalized spacial score (nSPS) is 13.3. The van der Waals surface area contributed by atoms with Crippen molar-refractivity contribution in [3.63, 3.8) is 0 Å². The van der Waals surface area contributed by atoms with E-state index in [1.165, 1.54) is 120 Å². The van der Waals surface area contributed by atoms with Gasteiger partial charge in [0.1, 0.15) is 11.2 Å². The monoisotopic (exact) mass is 762 g/mol. The van der Waals surface area contributed by atoms with Crippen molar-refractivity contribution in [3.05, 3.63) is 205 Å². The Bertz CT molecular complexity index is 3740. The average Bonchev–Trinajstić information content (AvgIpc) is 3.79. The van der Waals surface area contributed by atoms with Gasteiger partial charge in [-0.2, -0.15) is 0 Å². The first kappa shape index (κ1) is 33.5. The van der Waals surface area contributed by atoms with Crippen molar-refractivity contribution in [1.82, 2.24) is 0 Å². The second-order valence-corrected chi connectivity index (χ2v) is 17.1. The van der Waals surface area contributed by atoms with Crippen LogP contribution in [0.15, 0.2) is 199 Å². The average molecular weight is 763 g/mol. The summed E-state index contributed by atoms with van der Waals surface area (Å²) < 4.78 is 6.31. The maximum atomic E-state index is 6.31. The predicted octanol–water partition coefficient (Wildman–Crippen LogP) is 16.7. The molecule has 12 aromatic rings. The molecule has 0 spiro atoms. The molecule has 0 saturated carbocycles. The van der Waals surface area contributed by atoms with Crippen LogP contribution >= 0.6 is 0 Å². The van der Waals surface area contributed by atoms with Crippen molar-refractivity contribution in [2.45, 2.75) is 19.3 Å². The molecule has 1 nitrogen and oxygen atoms in total. The molecule has 0 unspecified atom stereocenters. The maximum absolute atomic E-state index is 6.31. The van der Waals surface area contributed by atoms with Crippen LogP contribution in [0.4, 0.5) is 0 Å². The highest BCUT2D eigenvalue weighted by Gasteiger charge is 2.37. The number of para-hydroxylation sites is 1. The van der Waals surface area contributed by atoms with E-state index in [9.17, 15) is 0 Å². The predicted molar refractivity (Wildman–Crippen MR) is 255 cm³/mol. The summed E-state index contributed by atoms with van der Waals surface area (Å²) in [6, 6.07) is 72.0. The number of fused-ring (bicyclic) bond motifs is 13. The van der Waals surface area contributed by atoms with Gasteiger partial charge in [0.2, 0.25) is 0 Å². The summed E-state index contributed by atoms with van der Waals surface area (Å²) in [7, 11) is 0. The van der Waals surface area contributed by atoms with E-state index in [0.717, 1.165) is 11.2 Å². The van der Waals surface area contributed by atoms with E-state index in [2.05, 4.69) is 202 Å². The van der Waals surface area contributed by atoms with E-state index < -0.39 is 0 Å². The summed E-state index contributed by atoms with van der Waals surface area (Å²) in [5, 5.41) is 15.0. The number of furan rings is 1. The smallest absolute Gasteiger partial charge is 0.136 e. The van der Waals surface area contributed by atoms with Crippen molar-refractivity contribution >= 4 is 75.8 Å². The van der Waals surface area contributed by atoms with Gasteiger partial charge in [-0.1, -0.05) is 184 Å². The standard InChI is InChI=1S/C59H38O/c1-59(2)51-32-30-48-47(31-33-54-58(48)50-23-11-12-25-53(50)60-54)57(51)49-27-26-36(34-52(49)59)38-28-29-46(40-18-6-5-17-39(38)40)56-44-21-9-7-19-42(44)55(43-20-8-10-22-45(43)56)41-24-13-15-35-14-3-4-16-37(35)41/h3-34H,1-2H3. The van der Waals surface area contributed by atoms with Gasteiger partial charge in [-0.25, -0.2) is 0 Å². The number of benzene rings is 11. The summed E-state index contributed by atoms with van der Waals surface area (Å²) >= 11 is 0. The van der Waals surface area contributed by atoms with Crippen molar-refractivity contribution in [2.24, 2.45) is 0 Å². The second kappa shape index (κ2) is 12.3. The minimum atomic E-state index is -0.165. The molecule has 0 bridgehead atoms. The fourth-order valence-corrected chi connectivity index (χ4v) is 11.0. The van der Waals surface area contributed by atoms with Crippen LogP contribution in [0.5, 0.6) is 0 Å². The topological polar surface area (TPSA) is 13.1 Å². The van der Waals surface area contributed by atoms with Gasteiger partial charge in [-0.3, -0.25) is 0 Å². The molecule has 0 atom stereocenters. The SMILES string of the molecule is CC1(C)c2cc(-c3ccc(-c4c5ccccc5c(-c5cccc6ccccc56)c5ccccc45)c4ccccc34)ccc2-c2c1ccc1c2ccc2oc3ccccc3c21. The van der Waals surface area contributed by atoms with Crippen LogP contribution in [0, 0.1) is 0 Å². The van der Waals surface area contributed by atoms with Crippen molar-refractivity contribution in [2.75, 3.05) is 0 Å². The van der Waals surface area contributed by atoms with Crippen LogP contribution in [-0.4, -0.2) is 0 Å². The van der Waals surface area contributed by atoms with Gasteiger partial charge < -0.3 is 4.42 Å². The van der Waals surface area contributed by atoms with Gasteiger partial charge in [0.05, 0.1) is 0 Å². The minimum absolute atomic E-state index is 0.165. The fraction of sp³-hybridized carbons (Fsp3) is 0.0508. The minimum Gasteiger partial charge on any atom is -0.456 e. The van der Waals surface area contributed by atoms with Crippen LogP contribution < -0.4 is 0 Å². The largest absolute Gasteiger partial charge is 0.456 e. The van der Waals surface area contributed by atoms with Crippen LogP contribution in [0.25, 0.3) is 120 Å². The highest BCUT2D eigenvalue weighted by Crippen LogP contribution is 2.54. The fourth-order valence-electron chi connectivity index (χ4n) is 11.0. The highest BCUT2D eigenvalue weighted by molar-refractivity contribution is 6.26. The Morgan fingerprint density at radius 3 is 1.55 bits per heavy atom. The summed E-state index contributed by atoms with van der Waals surface area (Å²) in [6.45, 7) is 4.77. The lowest BCUT2D eigenvalue weighted by Crippen LogP contribution is -2.15. The molecule has 1 aliphatic carbocycles. The van der Waals surface area contributed by atoms with Crippen LogP contribution in [-0.2, 0) is 5.41 Å². The van der Waals surface area contributed by atoms with Gasteiger partial charge in [-0.05, 0) is 134 Å². The van der Waals surface area contributed by atoms with Gasteiger partial charge in [0.15, 0.2) is 0 Å². The van der Waals surface area contributed by atoms with Crippen molar-refractivity contribution in [1.29, 1.82) is 0 Å². The lowest BCUT2D eigenvalue weighted by molar-refractivity contribution is 0.661. The number of rotatable bonds is 3. The Kier molecular flexibility index (Phi) is 6.85. The molecular weight excluding hydrogens is 725 g/mol.